The lowest BCUT2D eigenvalue weighted by molar-refractivity contribution is 0.619. The van der Waals surface area contributed by atoms with Crippen molar-refractivity contribution in [3.63, 3.8) is 0 Å². The molecule has 0 aliphatic rings. The van der Waals surface area contributed by atoms with Gasteiger partial charge in [-0.05, 0) is 34.5 Å². The van der Waals surface area contributed by atoms with Gasteiger partial charge in [0.1, 0.15) is 5.82 Å². The van der Waals surface area contributed by atoms with Crippen LogP contribution in [0.15, 0.2) is 22.8 Å². The Kier molecular flexibility index (Phi) is 5.30. The fraction of sp³-hybridized carbons (Fsp3) is 0.231. The Labute approximate surface area is 134 Å². The minimum absolute atomic E-state index is 0.0437. The number of benzene rings is 1. The number of hydrogen-bond donors (Lipinski definition) is 2. The first-order valence-corrected chi connectivity index (χ1v) is 7.36. The average molecular weight is 378 g/mol. The number of halogens is 4. The van der Waals surface area contributed by atoms with E-state index < -0.39 is 11.6 Å². The molecule has 1 aromatic heterocycles. The van der Waals surface area contributed by atoms with Crippen molar-refractivity contribution < 1.29 is 8.78 Å². The minimum atomic E-state index is -0.635. The molecule has 8 heteroatoms. The molecule has 0 spiro atoms. The zero-order valence-corrected chi connectivity index (χ0v) is 13.4. The van der Waals surface area contributed by atoms with Crippen LogP contribution in [0.25, 0.3) is 0 Å². The molecule has 0 unspecified atom stereocenters. The normalized spacial score (nSPS) is 10.5. The lowest BCUT2D eigenvalue weighted by atomic mass is 10.3. The van der Waals surface area contributed by atoms with Crippen molar-refractivity contribution in [1.82, 2.24) is 9.97 Å². The van der Waals surface area contributed by atoms with E-state index in [0.717, 1.165) is 18.7 Å². The fourth-order valence-corrected chi connectivity index (χ4v) is 2.46. The third-order valence-corrected chi connectivity index (χ3v) is 3.45. The molecule has 0 saturated carbocycles. The first-order valence-electron chi connectivity index (χ1n) is 6.19. The Balaban J connectivity index is 2.31. The van der Waals surface area contributed by atoms with Crippen LogP contribution in [0.1, 0.15) is 13.3 Å². The number of hydrogen-bond acceptors (Lipinski definition) is 4. The van der Waals surface area contributed by atoms with E-state index in [-0.39, 0.29) is 10.8 Å². The second-order valence-corrected chi connectivity index (χ2v) is 5.45. The maximum atomic E-state index is 13.8. The lowest BCUT2D eigenvalue weighted by Crippen LogP contribution is -2.07. The lowest BCUT2D eigenvalue weighted by Gasteiger charge is -2.12. The Bertz CT molecular complexity index is 631. The summed E-state index contributed by atoms with van der Waals surface area (Å²) in [5, 5.41) is 5.81. The van der Waals surface area contributed by atoms with Crippen molar-refractivity contribution in [1.29, 1.82) is 0 Å². The number of aromatic nitrogens is 2. The molecule has 0 saturated heterocycles. The zero-order valence-electron chi connectivity index (χ0n) is 11.1. The Morgan fingerprint density at radius 1 is 1.33 bits per heavy atom. The van der Waals surface area contributed by atoms with E-state index in [1.54, 1.807) is 0 Å². The molecule has 1 heterocycles. The van der Waals surface area contributed by atoms with Crippen molar-refractivity contribution in [2.45, 2.75) is 13.3 Å². The van der Waals surface area contributed by atoms with Crippen molar-refractivity contribution in [3.8, 4) is 0 Å². The average Bonchev–Trinajstić information content (AvgIpc) is 2.43. The van der Waals surface area contributed by atoms with Gasteiger partial charge in [0.2, 0.25) is 5.95 Å². The van der Waals surface area contributed by atoms with Gasteiger partial charge in [-0.15, -0.1) is 0 Å². The largest absolute Gasteiger partial charge is 0.354 e. The molecule has 2 aromatic rings. The first-order chi connectivity index (χ1) is 10.0. The fourth-order valence-electron chi connectivity index (χ4n) is 1.56. The highest BCUT2D eigenvalue weighted by molar-refractivity contribution is 9.10. The highest BCUT2D eigenvalue weighted by Crippen LogP contribution is 2.34. The number of rotatable bonds is 5. The van der Waals surface area contributed by atoms with E-state index in [2.05, 4.69) is 36.5 Å². The molecule has 0 radical (unpaired) electrons. The smallest absolute Gasteiger partial charge is 0.224 e. The van der Waals surface area contributed by atoms with Crippen molar-refractivity contribution in [3.05, 3.63) is 39.5 Å². The van der Waals surface area contributed by atoms with Crippen LogP contribution in [-0.2, 0) is 0 Å². The summed E-state index contributed by atoms with van der Waals surface area (Å²) in [4.78, 5) is 7.86. The highest BCUT2D eigenvalue weighted by atomic mass is 79.9. The predicted molar refractivity (Wildman–Crippen MR) is 83.2 cm³/mol. The van der Waals surface area contributed by atoms with Crippen LogP contribution >= 0.6 is 27.5 Å². The SMILES string of the molecule is CCCNc1ncc(F)c(Nc2c(Cl)cc(F)cc2Br)n1. The summed E-state index contributed by atoms with van der Waals surface area (Å²) in [5.41, 5.74) is 0.331. The van der Waals surface area contributed by atoms with Gasteiger partial charge in [0.15, 0.2) is 11.6 Å². The summed E-state index contributed by atoms with van der Waals surface area (Å²) in [5.74, 6) is -0.872. The van der Waals surface area contributed by atoms with E-state index in [9.17, 15) is 8.78 Å². The van der Waals surface area contributed by atoms with Gasteiger partial charge in [-0.1, -0.05) is 18.5 Å². The standard InChI is InChI=1S/C13H12BrClF2N4/c1-2-3-18-13-19-6-10(17)12(21-13)20-11-8(14)4-7(16)5-9(11)15/h4-6H,2-3H2,1H3,(H2,18,19,20,21). The van der Waals surface area contributed by atoms with Gasteiger partial charge in [-0.2, -0.15) is 4.98 Å². The van der Waals surface area contributed by atoms with Gasteiger partial charge in [-0.25, -0.2) is 13.8 Å². The Morgan fingerprint density at radius 3 is 2.76 bits per heavy atom. The molecule has 112 valence electrons. The zero-order chi connectivity index (χ0) is 15.4. The molecule has 0 bridgehead atoms. The van der Waals surface area contributed by atoms with Gasteiger partial charge in [0, 0.05) is 11.0 Å². The molecular weight excluding hydrogens is 366 g/mol. The van der Waals surface area contributed by atoms with Gasteiger partial charge >= 0.3 is 0 Å². The summed E-state index contributed by atoms with van der Waals surface area (Å²) < 4.78 is 27.3. The Morgan fingerprint density at radius 2 is 2.10 bits per heavy atom. The third-order valence-electron chi connectivity index (χ3n) is 2.53. The number of anilines is 3. The van der Waals surface area contributed by atoms with E-state index in [0.29, 0.717) is 22.7 Å². The molecular formula is C13H12BrClF2N4. The molecule has 4 nitrogen and oxygen atoms in total. The summed E-state index contributed by atoms with van der Waals surface area (Å²) in [6.45, 7) is 2.66. The molecule has 0 amide bonds. The monoisotopic (exact) mass is 376 g/mol. The molecule has 2 N–H and O–H groups in total. The Hall–Kier alpha value is -1.47. The van der Waals surface area contributed by atoms with Gasteiger partial charge in [0.05, 0.1) is 16.9 Å². The van der Waals surface area contributed by atoms with Crippen LogP contribution in [0.2, 0.25) is 5.02 Å². The van der Waals surface area contributed by atoms with Gasteiger partial charge in [0.25, 0.3) is 0 Å². The highest BCUT2D eigenvalue weighted by Gasteiger charge is 2.13. The maximum absolute atomic E-state index is 13.8. The van der Waals surface area contributed by atoms with E-state index in [4.69, 9.17) is 11.6 Å². The molecule has 0 atom stereocenters. The molecule has 0 aliphatic heterocycles. The molecule has 2 rings (SSSR count). The van der Waals surface area contributed by atoms with Gasteiger partial charge < -0.3 is 10.6 Å². The summed E-state index contributed by atoms with van der Waals surface area (Å²) in [7, 11) is 0. The second-order valence-electron chi connectivity index (χ2n) is 4.19. The van der Waals surface area contributed by atoms with Crippen LogP contribution in [0.4, 0.5) is 26.2 Å². The molecule has 0 fully saturated rings. The number of nitrogens with zero attached hydrogens (tertiary/aromatic N) is 2. The number of nitrogens with one attached hydrogen (secondary N) is 2. The van der Waals surface area contributed by atoms with E-state index in [1.807, 2.05) is 6.92 Å². The first kappa shape index (κ1) is 15.9. The van der Waals surface area contributed by atoms with E-state index >= 15 is 0 Å². The molecule has 21 heavy (non-hydrogen) atoms. The summed E-state index contributed by atoms with van der Waals surface area (Å²) in [6, 6.07) is 2.35. The predicted octanol–water partition coefficient (Wildman–Crippen LogP) is 4.74. The summed E-state index contributed by atoms with van der Waals surface area (Å²) >= 11 is 9.12. The van der Waals surface area contributed by atoms with Gasteiger partial charge in [-0.3, -0.25) is 0 Å². The summed E-state index contributed by atoms with van der Waals surface area (Å²) in [6.07, 6.45) is 1.94. The topological polar surface area (TPSA) is 49.8 Å². The minimum Gasteiger partial charge on any atom is -0.354 e. The second kappa shape index (κ2) is 7.00. The van der Waals surface area contributed by atoms with Crippen LogP contribution in [0.5, 0.6) is 0 Å². The molecule has 0 aliphatic carbocycles. The quantitative estimate of drug-likeness (QED) is 0.790. The van der Waals surface area contributed by atoms with Crippen molar-refractivity contribution >= 4 is 45.0 Å². The van der Waals surface area contributed by atoms with Crippen LogP contribution < -0.4 is 10.6 Å². The van der Waals surface area contributed by atoms with Crippen molar-refractivity contribution in [2.24, 2.45) is 0 Å². The van der Waals surface area contributed by atoms with Crippen molar-refractivity contribution in [2.75, 3.05) is 17.2 Å². The molecule has 1 aromatic carbocycles. The van der Waals surface area contributed by atoms with Crippen LogP contribution in [-0.4, -0.2) is 16.5 Å². The maximum Gasteiger partial charge on any atom is 0.224 e. The third kappa shape index (κ3) is 4.01. The van der Waals surface area contributed by atoms with E-state index in [1.165, 1.54) is 6.07 Å². The van der Waals surface area contributed by atoms with Crippen LogP contribution in [0.3, 0.4) is 0 Å². The van der Waals surface area contributed by atoms with Crippen LogP contribution in [0, 0.1) is 11.6 Å².